The van der Waals surface area contributed by atoms with Crippen LogP contribution in [-0.2, 0) is 0 Å². The molecule has 1 rings (SSSR count). The molecule has 0 saturated heterocycles. The van der Waals surface area contributed by atoms with Gasteiger partial charge in [-0.05, 0) is 28.8 Å². The third-order valence-electron chi connectivity index (χ3n) is 2.91. The number of pyridine rings is 1. The quantitative estimate of drug-likeness (QED) is 0.643. The monoisotopic (exact) mass is 317 g/mol. The number of hydrogen-bond donors (Lipinski definition) is 1. The van der Waals surface area contributed by atoms with Crippen LogP contribution >= 0.6 is 15.9 Å². The number of rotatable bonds is 6. The molecule has 0 saturated carbocycles. The molecule has 0 aliphatic rings. The summed E-state index contributed by atoms with van der Waals surface area (Å²) in [7, 11) is 0. The van der Waals surface area contributed by atoms with Crippen LogP contribution in [0.15, 0.2) is 16.7 Å². The zero-order valence-electron chi connectivity index (χ0n) is 10.4. The molecule has 18 heavy (non-hydrogen) atoms. The second-order valence-electron chi connectivity index (χ2n) is 4.10. The van der Waals surface area contributed by atoms with Gasteiger partial charge in [0.15, 0.2) is 0 Å². The van der Waals surface area contributed by atoms with E-state index in [0.29, 0.717) is 17.0 Å². The van der Waals surface area contributed by atoms with Crippen molar-refractivity contribution in [2.24, 2.45) is 5.73 Å². The van der Waals surface area contributed by atoms with Gasteiger partial charge in [0.25, 0.3) is 5.69 Å². The molecule has 0 amide bonds. The van der Waals surface area contributed by atoms with Crippen molar-refractivity contribution in [2.45, 2.75) is 32.2 Å². The molecule has 7 heteroatoms. The molecule has 100 valence electrons. The number of halogens is 1. The molecular weight excluding hydrogens is 302 g/mol. The van der Waals surface area contributed by atoms with Gasteiger partial charge >= 0.3 is 0 Å². The van der Waals surface area contributed by atoms with E-state index in [1.807, 2.05) is 13.8 Å². The van der Waals surface area contributed by atoms with Gasteiger partial charge in [0.2, 0.25) is 5.88 Å². The Kier molecular flexibility index (Phi) is 5.03. The van der Waals surface area contributed by atoms with Gasteiger partial charge in [-0.1, -0.05) is 13.8 Å². The number of hydrogen-bond acceptors (Lipinski definition) is 5. The highest BCUT2D eigenvalue weighted by Gasteiger charge is 2.22. The van der Waals surface area contributed by atoms with E-state index in [0.717, 1.165) is 19.0 Å². The van der Waals surface area contributed by atoms with Gasteiger partial charge in [-0.15, -0.1) is 0 Å². The first-order valence-corrected chi connectivity index (χ1v) is 6.42. The Balaban J connectivity index is 2.77. The van der Waals surface area contributed by atoms with E-state index in [2.05, 4.69) is 20.9 Å². The number of aromatic nitrogens is 1. The van der Waals surface area contributed by atoms with Crippen LogP contribution in [0.4, 0.5) is 5.69 Å². The summed E-state index contributed by atoms with van der Waals surface area (Å²) in [6, 6.07) is 1.36. The average molecular weight is 318 g/mol. The molecule has 0 aromatic carbocycles. The molecule has 2 N–H and O–H groups in total. The molecule has 0 bridgehead atoms. The largest absolute Gasteiger partial charge is 0.475 e. The van der Waals surface area contributed by atoms with E-state index in [1.54, 1.807) is 0 Å². The smallest absolute Gasteiger partial charge is 0.288 e. The standard InChI is InChI=1S/C11H16BrN3O3/c1-3-11(13,4-2)7-18-10-9(12)5-8(6-14-10)15(16)17/h5-6H,3-4,7,13H2,1-2H3. The van der Waals surface area contributed by atoms with Crippen LogP contribution in [0.5, 0.6) is 5.88 Å². The second kappa shape index (κ2) is 6.10. The summed E-state index contributed by atoms with van der Waals surface area (Å²) in [6.45, 7) is 4.31. The first-order valence-electron chi connectivity index (χ1n) is 5.63. The van der Waals surface area contributed by atoms with E-state index < -0.39 is 10.5 Å². The Hall–Kier alpha value is -1.21. The summed E-state index contributed by atoms with van der Waals surface area (Å²) in [5, 5.41) is 10.6. The minimum atomic E-state index is -0.507. The van der Waals surface area contributed by atoms with Crippen LogP contribution in [0.2, 0.25) is 0 Å². The molecule has 1 aromatic rings. The summed E-state index contributed by atoms with van der Waals surface area (Å²) in [6.07, 6.45) is 2.73. The fourth-order valence-corrected chi connectivity index (χ4v) is 1.74. The number of nitrogens with zero attached hydrogens (tertiary/aromatic N) is 2. The maximum atomic E-state index is 10.6. The summed E-state index contributed by atoms with van der Waals surface area (Å²) in [4.78, 5) is 14.0. The van der Waals surface area contributed by atoms with Gasteiger partial charge in [-0.25, -0.2) is 4.98 Å². The highest BCUT2D eigenvalue weighted by molar-refractivity contribution is 9.10. The molecule has 1 heterocycles. The average Bonchev–Trinajstić information content (AvgIpc) is 2.36. The number of nitrogens with two attached hydrogens (primary N) is 1. The van der Waals surface area contributed by atoms with E-state index in [-0.39, 0.29) is 5.69 Å². The molecule has 1 aromatic heterocycles. The highest BCUT2D eigenvalue weighted by Crippen LogP contribution is 2.27. The van der Waals surface area contributed by atoms with E-state index in [9.17, 15) is 10.1 Å². The van der Waals surface area contributed by atoms with Crippen molar-refractivity contribution in [2.75, 3.05) is 6.61 Å². The van der Waals surface area contributed by atoms with Gasteiger partial charge in [-0.3, -0.25) is 10.1 Å². The lowest BCUT2D eigenvalue weighted by Gasteiger charge is -2.26. The summed E-state index contributed by atoms with van der Waals surface area (Å²) < 4.78 is 5.96. The molecule has 0 spiro atoms. The van der Waals surface area contributed by atoms with Crippen molar-refractivity contribution in [3.8, 4) is 5.88 Å². The Morgan fingerprint density at radius 3 is 2.61 bits per heavy atom. The van der Waals surface area contributed by atoms with Crippen molar-refractivity contribution in [3.63, 3.8) is 0 Å². The van der Waals surface area contributed by atoms with Crippen molar-refractivity contribution < 1.29 is 9.66 Å². The normalized spacial score (nSPS) is 11.3. The van der Waals surface area contributed by atoms with E-state index in [1.165, 1.54) is 6.07 Å². The zero-order chi connectivity index (χ0) is 13.8. The zero-order valence-corrected chi connectivity index (χ0v) is 11.9. The second-order valence-corrected chi connectivity index (χ2v) is 4.95. The van der Waals surface area contributed by atoms with Crippen molar-refractivity contribution in [3.05, 3.63) is 26.9 Å². The van der Waals surface area contributed by atoms with Crippen molar-refractivity contribution in [1.29, 1.82) is 0 Å². The Morgan fingerprint density at radius 1 is 1.56 bits per heavy atom. The van der Waals surface area contributed by atoms with Gasteiger partial charge in [0, 0.05) is 11.6 Å². The summed E-state index contributed by atoms with van der Waals surface area (Å²) in [5.74, 6) is 0.317. The fraction of sp³-hybridized carbons (Fsp3) is 0.545. The van der Waals surface area contributed by atoms with E-state index >= 15 is 0 Å². The maximum Gasteiger partial charge on any atom is 0.288 e. The molecule has 0 fully saturated rings. The minimum Gasteiger partial charge on any atom is -0.475 e. The Morgan fingerprint density at radius 2 is 2.17 bits per heavy atom. The van der Waals surface area contributed by atoms with Crippen LogP contribution in [0.3, 0.4) is 0 Å². The molecule has 0 unspecified atom stereocenters. The van der Waals surface area contributed by atoms with Crippen LogP contribution in [0.25, 0.3) is 0 Å². The van der Waals surface area contributed by atoms with Gasteiger partial charge in [0.1, 0.15) is 12.8 Å². The Bertz CT molecular complexity index is 436. The maximum absolute atomic E-state index is 10.6. The predicted molar refractivity (Wildman–Crippen MR) is 71.6 cm³/mol. The van der Waals surface area contributed by atoms with Gasteiger partial charge in [-0.2, -0.15) is 0 Å². The third-order valence-corrected chi connectivity index (χ3v) is 3.48. The summed E-state index contributed by atoms with van der Waals surface area (Å²) in [5.41, 5.74) is 5.61. The number of ether oxygens (including phenoxy) is 1. The highest BCUT2D eigenvalue weighted by atomic mass is 79.9. The number of nitro groups is 1. The van der Waals surface area contributed by atoms with Crippen LogP contribution in [0, 0.1) is 10.1 Å². The predicted octanol–water partition coefficient (Wildman–Crippen LogP) is 2.65. The lowest BCUT2D eigenvalue weighted by molar-refractivity contribution is -0.385. The molecular formula is C11H16BrN3O3. The molecule has 0 radical (unpaired) electrons. The lowest BCUT2D eigenvalue weighted by Crippen LogP contribution is -2.44. The minimum absolute atomic E-state index is 0.0841. The van der Waals surface area contributed by atoms with Crippen LogP contribution in [0.1, 0.15) is 26.7 Å². The van der Waals surface area contributed by atoms with Gasteiger partial charge < -0.3 is 10.5 Å². The van der Waals surface area contributed by atoms with Crippen LogP contribution < -0.4 is 10.5 Å². The third kappa shape index (κ3) is 3.64. The van der Waals surface area contributed by atoms with Crippen molar-refractivity contribution in [1.82, 2.24) is 4.98 Å². The molecule has 0 aliphatic carbocycles. The first-order chi connectivity index (χ1) is 8.41. The van der Waals surface area contributed by atoms with E-state index in [4.69, 9.17) is 10.5 Å². The fourth-order valence-electron chi connectivity index (χ4n) is 1.29. The SMILES string of the molecule is CCC(N)(CC)COc1ncc([N+](=O)[O-])cc1Br. The molecule has 0 atom stereocenters. The Labute approximate surface area is 114 Å². The molecule has 6 nitrogen and oxygen atoms in total. The summed E-state index contributed by atoms with van der Waals surface area (Å²) >= 11 is 3.19. The lowest BCUT2D eigenvalue weighted by atomic mass is 9.96. The van der Waals surface area contributed by atoms with Crippen LogP contribution in [-0.4, -0.2) is 22.1 Å². The van der Waals surface area contributed by atoms with Crippen molar-refractivity contribution >= 4 is 21.6 Å². The topological polar surface area (TPSA) is 91.3 Å². The van der Waals surface area contributed by atoms with Gasteiger partial charge in [0.05, 0.1) is 9.40 Å². The first kappa shape index (κ1) is 14.8. The molecule has 0 aliphatic heterocycles.